The van der Waals surface area contributed by atoms with Crippen LogP contribution in [0.1, 0.15) is 5.69 Å². The van der Waals surface area contributed by atoms with Crippen molar-refractivity contribution >= 4 is 12.2 Å². The molecule has 0 atom stereocenters. The highest BCUT2D eigenvalue weighted by molar-refractivity contribution is 7.71. The SMILES string of the molecule is S=c1[nH]nc(-c2ccccn2)n1Cc1cccnn1. The fraction of sp³-hybridized carbons (Fsp3) is 0.0833. The summed E-state index contributed by atoms with van der Waals surface area (Å²) in [4.78, 5) is 4.28. The van der Waals surface area contributed by atoms with Gasteiger partial charge in [-0.05, 0) is 36.5 Å². The van der Waals surface area contributed by atoms with Gasteiger partial charge in [-0.1, -0.05) is 6.07 Å². The Morgan fingerprint density at radius 3 is 2.84 bits per heavy atom. The van der Waals surface area contributed by atoms with Crippen LogP contribution in [-0.4, -0.2) is 29.9 Å². The molecule has 3 aromatic heterocycles. The molecule has 0 aromatic carbocycles. The van der Waals surface area contributed by atoms with Crippen molar-refractivity contribution in [1.29, 1.82) is 0 Å². The molecule has 1 N–H and O–H groups in total. The van der Waals surface area contributed by atoms with Crippen molar-refractivity contribution in [3.8, 4) is 11.5 Å². The summed E-state index contributed by atoms with van der Waals surface area (Å²) in [7, 11) is 0. The average molecular weight is 270 g/mol. The van der Waals surface area contributed by atoms with Gasteiger partial charge >= 0.3 is 0 Å². The first-order valence-electron chi connectivity index (χ1n) is 5.68. The Morgan fingerprint density at radius 1 is 1.16 bits per heavy atom. The highest BCUT2D eigenvalue weighted by atomic mass is 32.1. The molecule has 0 aliphatic carbocycles. The smallest absolute Gasteiger partial charge is 0.195 e. The van der Waals surface area contributed by atoms with E-state index in [1.807, 2.05) is 34.9 Å². The van der Waals surface area contributed by atoms with Gasteiger partial charge in [0.1, 0.15) is 5.69 Å². The molecule has 7 heteroatoms. The zero-order chi connectivity index (χ0) is 13.1. The second-order valence-electron chi connectivity index (χ2n) is 3.87. The van der Waals surface area contributed by atoms with Gasteiger partial charge in [0.15, 0.2) is 10.6 Å². The summed E-state index contributed by atoms with van der Waals surface area (Å²) in [5, 5.41) is 14.9. The highest BCUT2D eigenvalue weighted by Gasteiger charge is 2.10. The van der Waals surface area contributed by atoms with Gasteiger partial charge in [-0.15, -0.1) is 0 Å². The Hall–Kier alpha value is -2.41. The van der Waals surface area contributed by atoms with Crippen molar-refractivity contribution in [3.05, 3.63) is 53.2 Å². The summed E-state index contributed by atoms with van der Waals surface area (Å²) in [6, 6.07) is 9.39. The van der Waals surface area contributed by atoms with E-state index in [0.29, 0.717) is 17.1 Å². The molecule has 0 amide bonds. The van der Waals surface area contributed by atoms with Gasteiger partial charge < -0.3 is 0 Å². The molecule has 3 rings (SSSR count). The van der Waals surface area contributed by atoms with Crippen molar-refractivity contribution in [2.45, 2.75) is 6.54 Å². The number of H-pyrrole nitrogens is 1. The van der Waals surface area contributed by atoms with Gasteiger partial charge in [0.25, 0.3) is 0 Å². The van der Waals surface area contributed by atoms with Gasteiger partial charge in [-0.2, -0.15) is 15.3 Å². The lowest BCUT2D eigenvalue weighted by Crippen LogP contribution is -2.05. The van der Waals surface area contributed by atoms with Crippen molar-refractivity contribution < 1.29 is 0 Å². The first-order chi connectivity index (χ1) is 9.34. The monoisotopic (exact) mass is 270 g/mol. The Morgan fingerprint density at radius 2 is 2.11 bits per heavy atom. The number of aromatic nitrogens is 6. The quantitative estimate of drug-likeness (QED) is 0.735. The molecule has 0 aliphatic heterocycles. The predicted octanol–water partition coefficient (Wildman–Crippen LogP) is 1.84. The minimum atomic E-state index is 0.509. The Labute approximate surface area is 114 Å². The number of nitrogens with one attached hydrogen (secondary N) is 1. The molecular formula is C12H10N6S. The maximum Gasteiger partial charge on any atom is 0.195 e. The zero-order valence-electron chi connectivity index (χ0n) is 9.89. The number of hydrogen-bond acceptors (Lipinski definition) is 5. The molecule has 0 aliphatic rings. The van der Waals surface area contributed by atoms with Crippen LogP contribution in [0.25, 0.3) is 11.5 Å². The van der Waals surface area contributed by atoms with Crippen LogP contribution in [0.4, 0.5) is 0 Å². The lowest BCUT2D eigenvalue weighted by Gasteiger charge is -2.04. The molecule has 0 radical (unpaired) electrons. The van der Waals surface area contributed by atoms with E-state index in [9.17, 15) is 0 Å². The Balaban J connectivity index is 2.03. The summed E-state index contributed by atoms with van der Waals surface area (Å²) in [6.45, 7) is 0.509. The molecule has 94 valence electrons. The number of nitrogens with zero attached hydrogens (tertiary/aromatic N) is 5. The molecule has 19 heavy (non-hydrogen) atoms. The Kier molecular flexibility index (Phi) is 3.11. The van der Waals surface area contributed by atoms with Gasteiger partial charge in [0, 0.05) is 12.4 Å². The van der Waals surface area contributed by atoms with Crippen LogP contribution in [0.15, 0.2) is 42.7 Å². The fourth-order valence-corrected chi connectivity index (χ4v) is 1.93. The highest BCUT2D eigenvalue weighted by Crippen LogP contribution is 2.14. The van der Waals surface area contributed by atoms with E-state index in [-0.39, 0.29) is 0 Å². The van der Waals surface area contributed by atoms with Crippen molar-refractivity contribution in [3.63, 3.8) is 0 Å². The van der Waals surface area contributed by atoms with Crippen LogP contribution >= 0.6 is 12.2 Å². The normalized spacial score (nSPS) is 10.5. The minimum absolute atomic E-state index is 0.509. The molecule has 3 aromatic rings. The van der Waals surface area contributed by atoms with E-state index < -0.39 is 0 Å². The summed E-state index contributed by atoms with van der Waals surface area (Å²) < 4.78 is 2.38. The molecule has 0 saturated heterocycles. The van der Waals surface area contributed by atoms with Crippen LogP contribution in [-0.2, 0) is 6.54 Å². The van der Waals surface area contributed by atoms with E-state index in [1.54, 1.807) is 12.4 Å². The summed E-state index contributed by atoms with van der Waals surface area (Å²) >= 11 is 5.24. The summed E-state index contributed by atoms with van der Waals surface area (Å²) in [5.41, 5.74) is 1.58. The summed E-state index contributed by atoms with van der Waals surface area (Å²) in [6.07, 6.45) is 3.36. The second-order valence-corrected chi connectivity index (χ2v) is 4.26. The summed E-state index contributed by atoms with van der Waals surface area (Å²) in [5.74, 6) is 0.691. The first kappa shape index (κ1) is 11.7. The third kappa shape index (κ3) is 2.41. The first-order valence-corrected chi connectivity index (χ1v) is 6.08. The maximum atomic E-state index is 5.24. The van der Waals surface area contributed by atoms with Crippen LogP contribution in [0.3, 0.4) is 0 Å². The topological polar surface area (TPSA) is 72.3 Å². The van der Waals surface area contributed by atoms with Crippen LogP contribution in [0, 0.1) is 4.77 Å². The third-order valence-corrected chi connectivity index (χ3v) is 2.91. The zero-order valence-corrected chi connectivity index (χ0v) is 10.7. The Bertz CT molecular complexity index is 719. The number of hydrogen-bond donors (Lipinski definition) is 1. The average Bonchev–Trinajstić information content (AvgIpc) is 2.82. The van der Waals surface area contributed by atoms with E-state index >= 15 is 0 Å². The number of rotatable bonds is 3. The maximum absolute atomic E-state index is 5.24. The molecule has 0 unspecified atom stereocenters. The number of aromatic amines is 1. The van der Waals surface area contributed by atoms with Crippen LogP contribution in [0.5, 0.6) is 0 Å². The molecular weight excluding hydrogens is 260 g/mol. The fourth-order valence-electron chi connectivity index (χ4n) is 1.73. The molecule has 3 heterocycles. The standard InChI is InChI=1S/C12H10N6S/c19-12-17-16-11(10-5-1-2-6-13-10)18(12)8-9-4-3-7-14-15-9/h1-7H,8H2,(H,17,19). The molecule has 0 spiro atoms. The lowest BCUT2D eigenvalue weighted by molar-refractivity contribution is 0.745. The van der Waals surface area contributed by atoms with Crippen LogP contribution < -0.4 is 0 Å². The molecule has 0 saturated carbocycles. The molecule has 6 nitrogen and oxygen atoms in total. The largest absolute Gasteiger partial charge is 0.293 e. The van der Waals surface area contributed by atoms with Gasteiger partial charge in [-0.3, -0.25) is 14.6 Å². The van der Waals surface area contributed by atoms with E-state index in [4.69, 9.17) is 12.2 Å². The van der Waals surface area contributed by atoms with E-state index in [1.165, 1.54) is 0 Å². The van der Waals surface area contributed by atoms with E-state index in [0.717, 1.165) is 11.4 Å². The molecule has 0 fully saturated rings. The van der Waals surface area contributed by atoms with Gasteiger partial charge in [-0.25, -0.2) is 0 Å². The lowest BCUT2D eigenvalue weighted by atomic mass is 10.3. The van der Waals surface area contributed by atoms with Gasteiger partial charge in [0.05, 0.1) is 12.2 Å². The molecule has 0 bridgehead atoms. The predicted molar refractivity (Wildman–Crippen MR) is 71.8 cm³/mol. The van der Waals surface area contributed by atoms with Crippen LogP contribution in [0.2, 0.25) is 0 Å². The van der Waals surface area contributed by atoms with E-state index in [2.05, 4.69) is 25.4 Å². The minimum Gasteiger partial charge on any atom is -0.293 e. The third-order valence-electron chi connectivity index (χ3n) is 2.60. The van der Waals surface area contributed by atoms with Crippen molar-refractivity contribution in [2.75, 3.05) is 0 Å². The van der Waals surface area contributed by atoms with Gasteiger partial charge in [0.2, 0.25) is 0 Å². The van der Waals surface area contributed by atoms with Crippen molar-refractivity contribution in [1.82, 2.24) is 29.9 Å². The second kappa shape index (κ2) is 5.07. The van der Waals surface area contributed by atoms with Crippen molar-refractivity contribution in [2.24, 2.45) is 0 Å². The number of pyridine rings is 1.